The summed E-state index contributed by atoms with van der Waals surface area (Å²) < 4.78 is 0. The van der Waals surface area contributed by atoms with E-state index in [0.717, 1.165) is 13.1 Å². The van der Waals surface area contributed by atoms with E-state index >= 15 is 0 Å². The maximum Gasteiger partial charge on any atom is 0.0742 e. The van der Waals surface area contributed by atoms with Crippen LogP contribution >= 0.6 is 0 Å². The third-order valence-electron chi connectivity index (χ3n) is 1.73. The molecule has 2 aliphatic rings. The van der Waals surface area contributed by atoms with Crippen LogP contribution < -0.4 is 0 Å². The average Bonchev–Trinajstić information content (AvgIpc) is 2.21. The van der Waals surface area contributed by atoms with Gasteiger partial charge in [-0.2, -0.15) is 0 Å². The Morgan fingerprint density at radius 2 is 1.33 bits per heavy atom. The molecule has 0 aromatic carbocycles. The molecule has 2 aliphatic heterocycles. The van der Waals surface area contributed by atoms with Gasteiger partial charge in [-0.15, -0.1) is 0 Å². The summed E-state index contributed by atoms with van der Waals surface area (Å²) in [5.41, 5.74) is 0. The standard InChI is InChI=1S/C8H10N4/c1-5-11(6-2-9-1)12-7-3-10-4-8-12/h1-5,7H,6,8H2. The molecular formula is C8H10N4. The van der Waals surface area contributed by atoms with Crippen LogP contribution in [0.3, 0.4) is 0 Å². The highest BCUT2D eigenvalue weighted by Gasteiger charge is 2.07. The minimum atomic E-state index is 0.828. The fourth-order valence-electron chi connectivity index (χ4n) is 1.12. The molecule has 0 aromatic rings. The summed E-state index contributed by atoms with van der Waals surface area (Å²) in [7, 11) is 0. The summed E-state index contributed by atoms with van der Waals surface area (Å²) in [6.07, 6.45) is 11.2. The van der Waals surface area contributed by atoms with E-state index in [-0.39, 0.29) is 0 Å². The molecule has 0 N–H and O–H groups in total. The molecule has 0 amide bonds. The zero-order chi connectivity index (χ0) is 8.23. The third-order valence-corrected chi connectivity index (χ3v) is 1.73. The zero-order valence-corrected chi connectivity index (χ0v) is 6.67. The van der Waals surface area contributed by atoms with Crippen LogP contribution in [0.4, 0.5) is 0 Å². The van der Waals surface area contributed by atoms with Crippen molar-refractivity contribution in [3.8, 4) is 0 Å². The van der Waals surface area contributed by atoms with Crippen molar-refractivity contribution < 1.29 is 0 Å². The van der Waals surface area contributed by atoms with E-state index in [4.69, 9.17) is 0 Å². The van der Waals surface area contributed by atoms with E-state index in [1.807, 2.05) is 24.8 Å². The summed E-state index contributed by atoms with van der Waals surface area (Å²) in [6.45, 7) is 1.66. The second-order valence-electron chi connectivity index (χ2n) is 2.50. The van der Waals surface area contributed by atoms with Gasteiger partial charge in [-0.3, -0.25) is 20.0 Å². The van der Waals surface area contributed by atoms with Gasteiger partial charge in [0.25, 0.3) is 0 Å². The Morgan fingerprint density at radius 3 is 1.67 bits per heavy atom. The van der Waals surface area contributed by atoms with Gasteiger partial charge in [-0.1, -0.05) is 0 Å². The SMILES string of the molecule is C1=CN(N2C=CN=CC2)CC=N1. The second-order valence-corrected chi connectivity index (χ2v) is 2.50. The predicted octanol–water partition coefficient (Wildman–Crippen LogP) is 0.617. The van der Waals surface area contributed by atoms with E-state index in [1.165, 1.54) is 0 Å². The second kappa shape index (κ2) is 3.21. The maximum atomic E-state index is 3.99. The first-order chi connectivity index (χ1) is 5.97. The Balaban J connectivity index is 2.01. The van der Waals surface area contributed by atoms with Crippen molar-refractivity contribution in [1.82, 2.24) is 10.0 Å². The lowest BCUT2D eigenvalue weighted by Crippen LogP contribution is -2.38. The van der Waals surface area contributed by atoms with E-state index in [1.54, 1.807) is 12.4 Å². The molecule has 4 nitrogen and oxygen atoms in total. The van der Waals surface area contributed by atoms with Crippen molar-refractivity contribution in [3.63, 3.8) is 0 Å². The highest BCUT2D eigenvalue weighted by atomic mass is 15.6. The predicted molar refractivity (Wildman–Crippen MR) is 48.7 cm³/mol. The molecule has 0 unspecified atom stereocenters. The molecule has 62 valence electrons. The van der Waals surface area contributed by atoms with Gasteiger partial charge in [-0.25, -0.2) is 0 Å². The van der Waals surface area contributed by atoms with Crippen LogP contribution in [0.2, 0.25) is 0 Å². The van der Waals surface area contributed by atoms with Gasteiger partial charge in [0.05, 0.1) is 13.1 Å². The fraction of sp³-hybridized carbons (Fsp3) is 0.250. The van der Waals surface area contributed by atoms with Gasteiger partial charge < -0.3 is 0 Å². The van der Waals surface area contributed by atoms with Crippen molar-refractivity contribution in [2.75, 3.05) is 13.1 Å². The first kappa shape index (κ1) is 7.09. The summed E-state index contributed by atoms with van der Waals surface area (Å²) >= 11 is 0. The summed E-state index contributed by atoms with van der Waals surface area (Å²) in [5.74, 6) is 0. The highest BCUT2D eigenvalue weighted by Crippen LogP contribution is 2.04. The van der Waals surface area contributed by atoms with Crippen LogP contribution in [0.1, 0.15) is 0 Å². The number of hydrazine groups is 1. The number of rotatable bonds is 1. The molecule has 4 heteroatoms. The van der Waals surface area contributed by atoms with Crippen molar-refractivity contribution in [2.24, 2.45) is 9.98 Å². The van der Waals surface area contributed by atoms with Gasteiger partial charge >= 0.3 is 0 Å². The van der Waals surface area contributed by atoms with Gasteiger partial charge in [0.2, 0.25) is 0 Å². The van der Waals surface area contributed by atoms with Crippen LogP contribution in [-0.4, -0.2) is 35.5 Å². The molecule has 0 radical (unpaired) electrons. The molecule has 0 saturated heterocycles. The molecule has 0 fully saturated rings. The number of hydrogen-bond donors (Lipinski definition) is 0. The fourth-order valence-corrected chi connectivity index (χ4v) is 1.12. The van der Waals surface area contributed by atoms with Gasteiger partial charge in [-0.05, 0) is 0 Å². The molecule has 0 aromatic heterocycles. The number of nitrogens with zero attached hydrogens (tertiary/aromatic N) is 4. The Bertz CT molecular complexity index is 236. The van der Waals surface area contributed by atoms with E-state index in [0.29, 0.717) is 0 Å². The Labute approximate surface area is 71.2 Å². The smallest absolute Gasteiger partial charge is 0.0742 e. The van der Waals surface area contributed by atoms with Crippen LogP contribution in [0.5, 0.6) is 0 Å². The summed E-state index contributed by atoms with van der Waals surface area (Å²) in [6, 6.07) is 0. The first-order valence-electron chi connectivity index (χ1n) is 3.86. The minimum absolute atomic E-state index is 0.828. The van der Waals surface area contributed by atoms with E-state index in [2.05, 4.69) is 20.0 Å². The molecule has 0 saturated carbocycles. The molecule has 12 heavy (non-hydrogen) atoms. The molecule has 0 bridgehead atoms. The topological polar surface area (TPSA) is 31.2 Å². The first-order valence-corrected chi connectivity index (χ1v) is 3.86. The van der Waals surface area contributed by atoms with Gasteiger partial charge in [0.1, 0.15) is 0 Å². The Hall–Kier alpha value is -1.58. The van der Waals surface area contributed by atoms with E-state index < -0.39 is 0 Å². The molecular weight excluding hydrogens is 152 g/mol. The Morgan fingerprint density at radius 1 is 0.833 bits per heavy atom. The average molecular weight is 162 g/mol. The van der Waals surface area contributed by atoms with Crippen molar-refractivity contribution in [3.05, 3.63) is 24.8 Å². The molecule has 0 aliphatic carbocycles. The zero-order valence-electron chi connectivity index (χ0n) is 6.67. The summed E-state index contributed by atoms with van der Waals surface area (Å²) in [4.78, 5) is 7.98. The highest BCUT2D eigenvalue weighted by molar-refractivity contribution is 5.63. The third kappa shape index (κ3) is 1.37. The van der Waals surface area contributed by atoms with Crippen LogP contribution in [0.25, 0.3) is 0 Å². The molecule has 0 spiro atoms. The Kier molecular flexibility index (Phi) is 1.90. The largest absolute Gasteiger partial charge is 0.286 e. The normalized spacial score (nSPS) is 20.7. The number of hydrogen-bond acceptors (Lipinski definition) is 4. The molecule has 2 heterocycles. The quantitative estimate of drug-likeness (QED) is 0.566. The monoisotopic (exact) mass is 162 g/mol. The number of aliphatic imine (C=N–C) groups is 2. The van der Waals surface area contributed by atoms with Crippen molar-refractivity contribution in [1.29, 1.82) is 0 Å². The summed E-state index contributed by atoms with van der Waals surface area (Å²) in [5, 5.41) is 4.16. The van der Waals surface area contributed by atoms with Crippen LogP contribution in [0.15, 0.2) is 34.8 Å². The maximum absolute atomic E-state index is 3.99. The lowest BCUT2D eigenvalue weighted by molar-refractivity contribution is 0.114. The minimum Gasteiger partial charge on any atom is -0.286 e. The van der Waals surface area contributed by atoms with E-state index in [9.17, 15) is 0 Å². The van der Waals surface area contributed by atoms with Crippen molar-refractivity contribution >= 4 is 12.4 Å². The lowest BCUT2D eigenvalue weighted by Gasteiger charge is -2.32. The van der Waals surface area contributed by atoms with Crippen LogP contribution in [0, 0.1) is 0 Å². The van der Waals surface area contributed by atoms with Crippen molar-refractivity contribution in [2.45, 2.75) is 0 Å². The van der Waals surface area contributed by atoms with Crippen LogP contribution in [-0.2, 0) is 0 Å². The molecule has 0 atom stereocenters. The van der Waals surface area contributed by atoms with Gasteiger partial charge in [0, 0.05) is 37.2 Å². The van der Waals surface area contributed by atoms with Gasteiger partial charge in [0.15, 0.2) is 0 Å². The lowest BCUT2D eigenvalue weighted by atomic mass is 10.5. The molecule has 2 rings (SSSR count).